The van der Waals surface area contributed by atoms with Crippen LogP contribution in [0.5, 0.6) is 5.88 Å². The van der Waals surface area contributed by atoms with Crippen LogP contribution in [0, 0.1) is 18.3 Å². The van der Waals surface area contributed by atoms with E-state index in [0.717, 1.165) is 0 Å². The molecular formula is C19H21N5O4S. The van der Waals surface area contributed by atoms with Crippen molar-refractivity contribution in [3.63, 3.8) is 0 Å². The summed E-state index contributed by atoms with van der Waals surface area (Å²) in [5.41, 5.74) is 1.15. The van der Waals surface area contributed by atoms with E-state index in [-0.39, 0.29) is 28.9 Å². The van der Waals surface area contributed by atoms with Gasteiger partial charge in [0.2, 0.25) is 21.6 Å². The van der Waals surface area contributed by atoms with Crippen LogP contribution >= 0.6 is 0 Å². The van der Waals surface area contributed by atoms with Crippen molar-refractivity contribution in [1.82, 2.24) is 14.3 Å². The Bertz CT molecular complexity index is 1060. The molecule has 29 heavy (non-hydrogen) atoms. The Balaban J connectivity index is 1.79. The van der Waals surface area contributed by atoms with E-state index in [1.807, 2.05) is 6.07 Å². The van der Waals surface area contributed by atoms with Gasteiger partial charge in [0.15, 0.2) is 0 Å². The lowest BCUT2D eigenvalue weighted by Crippen LogP contribution is -2.44. The van der Waals surface area contributed by atoms with Gasteiger partial charge >= 0.3 is 0 Å². The average molecular weight is 415 g/mol. The predicted molar refractivity (Wildman–Crippen MR) is 105 cm³/mol. The van der Waals surface area contributed by atoms with Crippen molar-refractivity contribution in [2.24, 2.45) is 0 Å². The van der Waals surface area contributed by atoms with Gasteiger partial charge in [0.05, 0.1) is 11.4 Å². The maximum absolute atomic E-state index is 13.2. The van der Waals surface area contributed by atoms with Gasteiger partial charge in [-0.1, -0.05) is 0 Å². The maximum atomic E-state index is 13.2. The Morgan fingerprint density at radius 1 is 1.34 bits per heavy atom. The van der Waals surface area contributed by atoms with E-state index < -0.39 is 16.1 Å². The van der Waals surface area contributed by atoms with E-state index in [4.69, 9.17) is 10.00 Å². The number of nitrogens with zero attached hydrogens (tertiary/aromatic N) is 4. The molecule has 0 radical (unpaired) electrons. The van der Waals surface area contributed by atoms with E-state index in [9.17, 15) is 13.2 Å². The Morgan fingerprint density at radius 2 is 2.10 bits per heavy atom. The third kappa shape index (κ3) is 4.70. The third-order valence-electron chi connectivity index (χ3n) is 4.50. The molecule has 152 valence electrons. The molecule has 1 fully saturated rings. The van der Waals surface area contributed by atoms with Gasteiger partial charge in [-0.25, -0.2) is 18.4 Å². The number of nitrogens with one attached hydrogen (secondary N) is 1. The number of ether oxygens (including phenoxy) is 1. The molecule has 1 atom stereocenters. The van der Waals surface area contributed by atoms with Crippen LogP contribution in [0.25, 0.3) is 0 Å². The molecule has 0 saturated carbocycles. The molecule has 10 heteroatoms. The lowest BCUT2D eigenvalue weighted by Gasteiger charge is -2.32. The lowest BCUT2D eigenvalue weighted by molar-refractivity contribution is -0.114. The summed E-state index contributed by atoms with van der Waals surface area (Å²) in [5, 5.41) is 11.8. The number of anilines is 1. The van der Waals surface area contributed by atoms with Crippen LogP contribution in [-0.2, 0) is 14.8 Å². The number of amides is 1. The minimum Gasteiger partial charge on any atom is -0.471 e. The molecule has 1 unspecified atom stereocenters. The van der Waals surface area contributed by atoms with Crippen molar-refractivity contribution in [2.45, 2.75) is 37.7 Å². The number of aryl methyl sites for hydroxylation is 1. The van der Waals surface area contributed by atoms with Gasteiger partial charge in [-0.2, -0.15) is 9.57 Å². The highest BCUT2D eigenvalue weighted by molar-refractivity contribution is 7.89. The SMILES string of the molecule is CC(=O)Nc1ccc(S(=O)(=O)N2CCCC(Oc3nccnc3C#N)C2)c(C)c1. The summed E-state index contributed by atoms with van der Waals surface area (Å²) in [6.07, 6.45) is 3.66. The molecule has 1 saturated heterocycles. The molecule has 9 nitrogen and oxygen atoms in total. The minimum absolute atomic E-state index is 0.0666. The minimum atomic E-state index is -3.74. The van der Waals surface area contributed by atoms with Crippen LogP contribution in [0.2, 0.25) is 0 Å². The smallest absolute Gasteiger partial charge is 0.251 e. The highest BCUT2D eigenvalue weighted by atomic mass is 32.2. The first kappa shape index (κ1) is 20.7. The van der Waals surface area contributed by atoms with Crippen LogP contribution in [0.1, 0.15) is 31.0 Å². The topological polar surface area (TPSA) is 125 Å². The quantitative estimate of drug-likeness (QED) is 0.790. The standard InChI is InChI=1S/C19H21N5O4S/c1-13-10-15(23-14(2)25)5-6-18(13)29(26,27)24-9-3-4-16(12-24)28-19-17(11-20)21-7-8-22-19/h5-8,10,16H,3-4,9,12H2,1-2H3,(H,23,25). The monoisotopic (exact) mass is 415 g/mol. The van der Waals surface area contributed by atoms with Gasteiger partial charge in [-0.3, -0.25) is 4.79 Å². The van der Waals surface area contributed by atoms with Gasteiger partial charge in [0.1, 0.15) is 12.2 Å². The number of carbonyl (C=O) groups is 1. The summed E-state index contributed by atoms with van der Waals surface area (Å²) in [5.74, 6) is -0.119. The summed E-state index contributed by atoms with van der Waals surface area (Å²) < 4.78 is 33.5. The van der Waals surface area contributed by atoms with E-state index in [1.165, 1.54) is 29.7 Å². The van der Waals surface area contributed by atoms with Crippen LogP contribution in [0.15, 0.2) is 35.5 Å². The molecule has 0 aliphatic carbocycles. The number of hydrogen-bond acceptors (Lipinski definition) is 7. The van der Waals surface area contributed by atoms with Crippen molar-refractivity contribution in [3.8, 4) is 11.9 Å². The highest BCUT2D eigenvalue weighted by Gasteiger charge is 2.32. The van der Waals surface area contributed by atoms with Crippen molar-refractivity contribution < 1.29 is 17.9 Å². The molecular weight excluding hydrogens is 394 g/mol. The fourth-order valence-electron chi connectivity index (χ4n) is 3.22. The summed E-state index contributed by atoms with van der Waals surface area (Å²) in [6, 6.07) is 6.61. The second-order valence-corrected chi connectivity index (χ2v) is 8.63. The molecule has 1 aromatic heterocycles. The Labute approximate surface area is 169 Å². The first-order valence-electron chi connectivity index (χ1n) is 9.07. The molecule has 1 amide bonds. The Hall–Kier alpha value is -3.03. The number of piperidine rings is 1. The van der Waals surface area contributed by atoms with Crippen molar-refractivity contribution >= 4 is 21.6 Å². The third-order valence-corrected chi connectivity index (χ3v) is 6.53. The molecule has 0 bridgehead atoms. The van der Waals surface area contributed by atoms with Crippen LogP contribution in [0.4, 0.5) is 5.69 Å². The van der Waals surface area contributed by atoms with E-state index in [0.29, 0.717) is 30.6 Å². The molecule has 3 rings (SSSR count). The lowest BCUT2D eigenvalue weighted by atomic mass is 10.1. The summed E-state index contributed by atoms with van der Waals surface area (Å²) >= 11 is 0. The number of sulfonamides is 1. The van der Waals surface area contributed by atoms with E-state index >= 15 is 0 Å². The molecule has 2 heterocycles. The van der Waals surface area contributed by atoms with Gasteiger partial charge < -0.3 is 10.1 Å². The highest BCUT2D eigenvalue weighted by Crippen LogP contribution is 2.27. The van der Waals surface area contributed by atoms with Crippen molar-refractivity contribution in [1.29, 1.82) is 5.26 Å². The zero-order valence-corrected chi connectivity index (χ0v) is 16.9. The zero-order chi connectivity index (χ0) is 21.0. The number of aromatic nitrogens is 2. The van der Waals surface area contributed by atoms with Crippen molar-refractivity contribution in [2.75, 3.05) is 18.4 Å². The number of carbonyl (C=O) groups excluding carboxylic acids is 1. The zero-order valence-electron chi connectivity index (χ0n) is 16.1. The van der Waals surface area contributed by atoms with Crippen LogP contribution in [0.3, 0.4) is 0 Å². The second-order valence-electron chi connectivity index (χ2n) is 6.73. The van der Waals surface area contributed by atoms with E-state index in [1.54, 1.807) is 19.1 Å². The van der Waals surface area contributed by atoms with Gasteiger partial charge in [0, 0.05) is 31.5 Å². The maximum Gasteiger partial charge on any atom is 0.251 e. The second kappa shape index (κ2) is 8.55. The molecule has 1 aliphatic heterocycles. The summed E-state index contributed by atoms with van der Waals surface area (Å²) in [7, 11) is -3.74. The van der Waals surface area contributed by atoms with Gasteiger partial charge in [-0.05, 0) is 43.5 Å². The molecule has 2 aromatic rings. The van der Waals surface area contributed by atoms with E-state index in [2.05, 4.69) is 15.3 Å². The first-order valence-corrected chi connectivity index (χ1v) is 10.5. The van der Waals surface area contributed by atoms with Gasteiger partial charge in [-0.15, -0.1) is 0 Å². The number of hydrogen-bond donors (Lipinski definition) is 1. The summed E-state index contributed by atoms with van der Waals surface area (Å²) in [4.78, 5) is 19.3. The Kier molecular flexibility index (Phi) is 6.10. The van der Waals surface area contributed by atoms with Crippen LogP contribution < -0.4 is 10.1 Å². The fourth-order valence-corrected chi connectivity index (χ4v) is 4.94. The number of rotatable bonds is 5. The largest absolute Gasteiger partial charge is 0.471 e. The molecule has 0 spiro atoms. The number of nitriles is 1. The first-order chi connectivity index (χ1) is 13.8. The average Bonchev–Trinajstić information content (AvgIpc) is 2.68. The Morgan fingerprint density at radius 3 is 2.79 bits per heavy atom. The van der Waals surface area contributed by atoms with Crippen LogP contribution in [-0.4, -0.2) is 47.8 Å². The number of benzene rings is 1. The molecule has 1 aliphatic rings. The normalized spacial score (nSPS) is 17.3. The van der Waals surface area contributed by atoms with Crippen molar-refractivity contribution in [3.05, 3.63) is 41.9 Å². The predicted octanol–water partition coefficient (Wildman–Crippen LogP) is 1.85. The molecule has 1 aromatic carbocycles. The van der Waals surface area contributed by atoms with Gasteiger partial charge in [0.25, 0.3) is 5.88 Å². The fraction of sp³-hybridized carbons (Fsp3) is 0.368. The summed E-state index contributed by atoms with van der Waals surface area (Å²) in [6.45, 7) is 3.61. The molecule has 1 N–H and O–H groups in total.